The van der Waals surface area contributed by atoms with Crippen molar-refractivity contribution in [3.8, 4) is 11.1 Å². The van der Waals surface area contributed by atoms with Crippen molar-refractivity contribution in [2.75, 3.05) is 0 Å². The van der Waals surface area contributed by atoms with Crippen LogP contribution < -0.4 is 0 Å². The minimum absolute atomic E-state index is 0.108. The SMILES string of the molecule is CCC=CC(CC=S)c1ncnn1Cc1ccc(-c2ccccc2C(=O)O)cc1. The monoisotopic (exact) mass is 405 g/mol. The molecule has 1 atom stereocenters. The number of rotatable bonds is 9. The lowest BCUT2D eigenvalue weighted by Gasteiger charge is -2.13. The van der Waals surface area contributed by atoms with Crippen LogP contribution in [0, 0.1) is 0 Å². The van der Waals surface area contributed by atoms with Gasteiger partial charge in [0.05, 0.1) is 12.1 Å². The fraction of sp³-hybridized carbons (Fsp3) is 0.217. The van der Waals surface area contributed by atoms with Gasteiger partial charge in [-0.1, -0.05) is 73.8 Å². The van der Waals surface area contributed by atoms with Crippen LogP contribution >= 0.6 is 12.2 Å². The molecule has 0 aliphatic heterocycles. The van der Waals surface area contributed by atoms with Crippen molar-refractivity contribution >= 4 is 23.6 Å². The van der Waals surface area contributed by atoms with Crippen LogP contribution in [0.3, 0.4) is 0 Å². The maximum atomic E-state index is 11.5. The average Bonchev–Trinajstić information content (AvgIpc) is 3.19. The van der Waals surface area contributed by atoms with E-state index in [9.17, 15) is 9.90 Å². The van der Waals surface area contributed by atoms with Crippen molar-refractivity contribution in [3.63, 3.8) is 0 Å². The highest BCUT2D eigenvalue weighted by molar-refractivity contribution is 7.78. The molecule has 0 spiro atoms. The molecular formula is C23H23N3O2S. The summed E-state index contributed by atoms with van der Waals surface area (Å²) in [6.07, 6.45) is 7.52. The van der Waals surface area contributed by atoms with Gasteiger partial charge in [-0.15, -0.1) is 0 Å². The Kier molecular flexibility index (Phi) is 7.03. The summed E-state index contributed by atoms with van der Waals surface area (Å²) in [5.74, 6) is 0.0643. The molecule has 0 radical (unpaired) electrons. The summed E-state index contributed by atoms with van der Waals surface area (Å²) in [6, 6.07) is 14.9. The zero-order valence-electron chi connectivity index (χ0n) is 16.2. The summed E-state index contributed by atoms with van der Waals surface area (Å²) in [5.41, 5.74) is 2.94. The summed E-state index contributed by atoms with van der Waals surface area (Å²) in [4.78, 5) is 15.9. The highest BCUT2D eigenvalue weighted by atomic mass is 32.1. The first-order chi connectivity index (χ1) is 14.1. The molecular weight excluding hydrogens is 382 g/mol. The largest absolute Gasteiger partial charge is 0.478 e. The Labute approximate surface area is 175 Å². The predicted molar refractivity (Wildman–Crippen MR) is 118 cm³/mol. The highest BCUT2D eigenvalue weighted by Crippen LogP contribution is 2.25. The Hall–Kier alpha value is -3.12. The first kappa shape index (κ1) is 20.6. The molecule has 0 amide bonds. The topological polar surface area (TPSA) is 68.0 Å². The Balaban J connectivity index is 1.83. The Morgan fingerprint density at radius 2 is 1.97 bits per heavy atom. The Bertz CT molecular complexity index is 1010. The van der Waals surface area contributed by atoms with E-state index in [1.165, 1.54) is 0 Å². The fourth-order valence-electron chi connectivity index (χ4n) is 3.24. The second kappa shape index (κ2) is 9.89. The third kappa shape index (κ3) is 5.03. The molecule has 29 heavy (non-hydrogen) atoms. The number of hydrogen-bond acceptors (Lipinski definition) is 4. The van der Waals surface area contributed by atoms with Crippen LogP contribution in [0.1, 0.15) is 47.4 Å². The van der Waals surface area contributed by atoms with Crippen molar-refractivity contribution in [1.29, 1.82) is 0 Å². The number of nitrogens with zero attached hydrogens (tertiary/aromatic N) is 3. The molecule has 3 rings (SSSR count). The zero-order chi connectivity index (χ0) is 20.6. The zero-order valence-corrected chi connectivity index (χ0v) is 17.0. The van der Waals surface area contributed by atoms with E-state index in [2.05, 4.69) is 29.2 Å². The molecule has 1 unspecified atom stereocenters. The Morgan fingerprint density at radius 3 is 2.66 bits per heavy atom. The van der Waals surface area contributed by atoms with Gasteiger partial charge < -0.3 is 5.11 Å². The van der Waals surface area contributed by atoms with E-state index in [-0.39, 0.29) is 5.92 Å². The molecule has 148 valence electrons. The van der Waals surface area contributed by atoms with E-state index < -0.39 is 5.97 Å². The van der Waals surface area contributed by atoms with Gasteiger partial charge in [0, 0.05) is 5.92 Å². The molecule has 0 saturated carbocycles. The maximum absolute atomic E-state index is 11.5. The second-order valence-electron chi connectivity index (χ2n) is 6.67. The van der Waals surface area contributed by atoms with Crippen LogP contribution in [0.2, 0.25) is 0 Å². The van der Waals surface area contributed by atoms with Crippen molar-refractivity contribution in [2.24, 2.45) is 0 Å². The van der Waals surface area contributed by atoms with Gasteiger partial charge in [0.15, 0.2) is 0 Å². The third-order valence-corrected chi connectivity index (χ3v) is 4.88. The van der Waals surface area contributed by atoms with E-state index in [4.69, 9.17) is 12.2 Å². The number of hydrogen-bond donors (Lipinski definition) is 1. The summed E-state index contributed by atoms with van der Waals surface area (Å²) in [5, 5.41) is 15.5. The molecule has 1 heterocycles. The molecule has 1 aromatic heterocycles. The number of carbonyl (C=O) groups is 1. The van der Waals surface area contributed by atoms with E-state index in [0.29, 0.717) is 17.7 Å². The number of carboxylic acid groups (broad SMARTS) is 1. The van der Waals surface area contributed by atoms with Gasteiger partial charge in [-0.25, -0.2) is 14.5 Å². The molecule has 3 aromatic rings. The first-order valence-electron chi connectivity index (χ1n) is 9.53. The van der Waals surface area contributed by atoms with E-state index >= 15 is 0 Å². The standard InChI is InChI=1S/C23H23N3O2S/c1-2-3-6-19(13-14-29)22-24-16-25-26(22)15-17-9-11-18(12-10-17)20-7-4-5-8-21(20)23(27)28/h3-12,14,16,19H,2,13,15H2,1H3,(H,27,28). The van der Waals surface area contributed by atoms with Crippen molar-refractivity contribution in [3.05, 3.63) is 84.0 Å². The quantitative estimate of drug-likeness (QED) is 0.395. The average molecular weight is 406 g/mol. The number of allylic oxidation sites excluding steroid dienone is 2. The molecule has 2 aromatic carbocycles. The van der Waals surface area contributed by atoms with Gasteiger partial charge in [0.1, 0.15) is 12.2 Å². The van der Waals surface area contributed by atoms with Crippen LogP contribution in [-0.4, -0.2) is 31.2 Å². The van der Waals surface area contributed by atoms with Crippen LogP contribution in [0.5, 0.6) is 0 Å². The molecule has 0 aliphatic carbocycles. The number of aromatic carboxylic acids is 1. The van der Waals surface area contributed by atoms with Crippen molar-refractivity contribution in [1.82, 2.24) is 14.8 Å². The lowest BCUT2D eigenvalue weighted by molar-refractivity contribution is 0.0697. The highest BCUT2D eigenvalue weighted by Gasteiger charge is 2.15. The number of aromatic nitrogens is 3. The Morgan fingerprint density at radius 1 is 1.21 bits per heavy atom. The molecule has 6 heteroatoms. The first-order valence-corrected chi connectivity index (χ1v) is 10.0. The predicted octanol–water partition coefficient (Wildman–Crippen LogP) is 5.13. The fourth-order valence-corrected chi connectivity index (χ4v) is 3.45. The van der Waals surface area contributed by atoms with Crippen LogP contribution in [0.25, 0.3) is 11.1 Å². The number of thiocarbonyl (C=S) groups is 1. The smallest absolute Gasteiger partial charge is 0.336 e. The normalized spacial score (nSPS) is 12.2. The lowest BCUT2D eigenvalue weighted by atomic mass is 9.98. The van der Waals surface area contributed by atoms with E-state index in [0.717, 1.165) is 29.8 Å². The van der Waals surface area contributed by atoms with Gasteiger partial charge >= 0.3 is 5.97 Å². The van der Waals surface area contributed by atoms with Crippen molar-refractivity contribution < 1.29 is 9.90 Å². The molecule has 0 aliphatic rings. The minimum Gasteiger partial charge on any atom is -0.478 e. The summed E-state index contributed by atoms with van der Waals surface area (Å²) in [7, 11) is 0. The van der Waals surface area contributed by atoms with E-state index in [1.54, 1.807) is 23.8 Å². The van der Waals surface area contributed by atoms with Crippen LogP contribution in [0.4, 0.5) is 0 Å². The number of carboxylic acids is 1. The van der Waals surface area contributed by atoms with E-state index in [1.807, 2.05) is 41.1 Å². The van der Waals surface area contributed by atoms with Crippen LogP contribution in [0.15, 0.2) is 67.0 Å². The lowest BCUT2D eigenvalue weighted by Crippen LogP contribution is -2.11. The molecule has 0 bridgehead atoms. The molecule has 5 nitrogen and oxygen atoms in total. The van der Waals surface area contributed by atoms with Gasteiger partial charge in [-0.3, -0.25) is 0 Å². The molecule has 1 N–H and O–H groups in total. The van der Waals surface area contributed by atoms with Gasteiger partial charge in [0.2, 0.25) is 0 Å². The van der Waals surface area contributed by atoms with Crippen molar-refractivity contribution in [2.45, 2.75) is 32.2 Å². The summed E-state index contributed by atoms with van der Waals surface area (Å²) in [6.45, 7) is 2.68. The summed E-state index contributed by atoms with van der Waals surface area (Å²) >= 11 is 5.06. The third-order valence-electron chi connectivity index (χ3n) is 4.69. The molecule has 0 fully saturated rings. The van der Waals surface area contributed by atoms with Crippen LogP contribution in [-0.2, 0) is 6.54 Å². The molecule has 0 saturated heterocycles. The maximum Gasteiger partial charge on any atom is 0.336 e. The number of benzene rings is 2. The summed E-state index contributed by atoms with van der Waals surface area (Å²) < 4.78 is 1.89. The van der Waals surface area contributed by atoms with Gasteiger partial charge in [-0.2, -0.15) is 5.10 Å². The van der Waals surface area contributed by atoms with Gasteiger partial charge in [-0.05, 0) is 41.0 Å². The minimum atomic E-state index is -0.929. The van der Waals surface area contributed by atoms with Gasteiger partial charge in [0.25, 0.3) is 0 Å². The second-order valence-corrected chi connectivity index (χ2v) is 7.00.